The zero-order valence-electron chi connectivity index (χ0n) is 9.70. The topological polar surface area (TPSA) is 96.2 Å². The average Bonchev–Trinajstić information content (AvgIpc) is 2.35. The monoisotopic (exact) mass is 302 g/mol. The Morgan fingerprint density at radius 3 is 2.88 bits per heavy atom. The summed E-state index contributed by atoms with van der Waals surface area (Å²) in [5.41, 5.74) is 2.46. The Morgan fingerprint density at radius 2 is 2.29 bits per heavy atom. The second-order valence-electron chi connectivity index (χ2n) is 3.35. The van der Waals surface area contributed by atoms with Crippen LogP contribution in [0.2, 0.25) is 0 Å². The molecule has 0 aliphatic heterocycles. The van der Waals surface area contributed by atoms with Gasteiger partial charge in [0.1, 0.15) is 16.6 Å². The number of anilines is 2. The third kappa shape index (κ3) is 3.53. The van der Waals surface area contributed by atoms with Crippen LogP contribution in [0.3, 0.4) is 0 Å². The van der Waals surface area contributed by atoms with E-state index in [1.807, 2.05) is 11.9 Å². The van der Waals surface area contributed by atoms with Crippen LogP contribution in [0.25, 0.3) is 0 Å². The number of nitrogens with two attached hydrogens (primary N) is 1. The van der Waals surface area contributed by atoms with Gasteiger partial charge >= 0.3 is 0 Å². The summed E-state index contributed by atoms with van der Waals surface area (Å²) in [6.45, 7) is 0.555. The maximum Gasteiger partial charge on any atom is 0.221 e. The lowest BCUT2D eigenvalue weighted by Crippen LogP contribution is -2.27. The number of halogens is 1. The van der Waals surface area contributed by atoms with Crippen molar-refractivity contribution in [1.29, 1.82) is 0 Å². The molecule has 0 aromatic carbocycles. The van der Waals surface area contributed by atoms with Gasteiger partial charge in [0.15, 0.2) is 5.82 Å². The SMILES string of the molecule is CNC(=O)CCN(C)c1ncnc(NN)c1Br. The predicted molar refractivity (Wildman–Crippen MR) is 69.5 cm³/mol. The van der Waals surface area contributed by atoms with Gasteiger partial charge in [-0.15, -0.1) is 0 Å². The van der Waals surface area contributed by atoms with Gasteiger partial charge in [-0.05, 0) is 15.9 Å². The van der Waals surface area contributed by atoms with E-state index in [1.165, 1.54) is 6.33 Å². The number of nitrogen functional groups attached to an aromatic ring is 1. The molecule has 0 bridgehead atoms. The van der Waals surface area contributed by atoms with Gasteiger partial charge in [-0.3, -0.25) is 4.79 Å². The molecule has 1 aromatic rings. The first-order chi connectivity index (χ1) is 8.10. The third-order valence-electron chi connectivity index (χ3n) is 2.22. The third-order valence-corrected chi connectivity index (χ3v) is 2.95. The number of hydrazine groups is 1. The molecule has 1 amide bonds. The molecule has 0 unspecified atom stereocenters. The Kier molecular flexibility index (Phi) is 5.11. The Labute approximate surface area is 108 Å². The number of aromatic nitrogens is 2. The fourth-order valence-corrected chi connectivity index (χ4v) is 1.85. The summed E-state index contributed by atoms with van der Waals surface area (Å²) in [6.07, 6.45) is 1.81. The van der Waals surface area contributed by atoms with Crippen LogP contribution in [-0.4, -0.2) is 36.5 Å². The minimum absolute atomic E-state index is 0.0146. The van der Waals surface area contributed by atoms with Crippen molar-refractivity contribution in [2.75, 3.05) is 31.0 Å². The molecule has 4 N–H and O–H groups in total. The minimum atomic E-state index is -0.0146. The van der Waals surface area contributed by atoms with Crippen LogP contribution in [0.15, 0.2) is 10.8 Å². The summed E-state index contributed by atoms with van der Waals surface area (Å²) >= 11 is 3.36. The molecule has 7 nitrogen and oxygen atoms in total. The maximum atomic E-state index is 11.1. The van der Waals surface area contributed by atoms with E-state index in [1.54, 1.807) is 7.05 Å². The van der Waals surface area contributed by atoms with Crippen molar-refractivity contribution in [2.24, 2.45) is 5.84 Å². The van der Waals surface area contributed by atoms with Crippen molar-refractivity contribution in [3.05, 3.63) is 10.8 Å². The summed E-state index contributed by atoms with van der Waals surface area (Å²) in [7, 11) is 3.45. The molecule has 94 valence electrons. The van der Waals surface area contributed by atoms with E-state index >= 15 is 0 Å². The lowest BCUT2D eigenvalue weighted by molar-refractivity contribution is -0.120. The van der Waals surface area contributed by atoms with Gasteiger partial charge < -0.3 is 15.6 Å². The van der Waals surface area contributed by atoms with Crippen molar-refractivity contribution in [3.8, 4) is 0 Å². The molecule has 0 spiro atoms. The van der Waals surface area contributed by atoms with Crippen LogP contribution in [-0.2, 0) is 4.79 Å². The van der Waals surface area contributed by atoms with Crippen LogP contribution < -0.4 is 21.5 Å². The van der Waals surface area contributed by atoms with Gasteiger partial charge in [0.05, 0.1) is 0 Å². The minimum Gasteiger partial charge on any atom is -0.359 e. The zero-order valence-corrected chi connectivity index (χ0v) is 11.3. The van der Waals surface area contributed by atoms with Crippen molar-refractivity contribution in [3.63, 3.8) is 0 Å². The van der Waals surface area contributed by atoms with Gasteiger partial charge in [-0.2, -0.15) is 0 Å². The smallest absolute Gasteiger partial charge is 0.221 e. The van der Waals surface area contributed by atoms with Crippen LogP contribution in [0.4, 0.5) is 11.6 Å². The molecule has 0 saturated heterocycles. The fourth-order valence-electron chi connectivity index (χ4n) is 1.23. The normalized spacial score (nSPS) is 9.88. The van der Waals surface area contributed by atoms with E-state index in [0.717, 1.165) is 0 Å². The molecule has 0 saturated carbocycles. The molecule has 0 fully saturated rings. The fraction of sp³-hybridized carbons (Fsp3) is 0.444. The van der Waals surface area contributed by atoms with Gasteiger partial charge in [0, 0.05) is 27.1 Å². The van der Waals surface area contributed by atoms with Gasteiger partial charge in [-0.25, -0.2) is 15.8 Å². The number of amides is 1. The van der Waals surface area contributed by atoms with E-state index in [-0.39, 0.29) is 5.91 Å². The summed E-state index contributed by atoms with van der Waals surface area (Å²) in [4.78, 5) is 21.1. The number of carbonyl (C=O) groups is 1. The molecular weight excluding hydrogens is 288 g/mol. The number of nitrogens with zero attached hydrogens (tertiary/aromatic N) is 3. The van der Waals surface area contributed by atoms with Crippen LogP contribution >= 0.6 is 15.9 Å². The van der Waals surface area contributed by atoms with Crippen LogP contribution in [0.1, 0.15) is 6.42 Å². The lowest BCUT2D eigenvalue weighted by Gasteiger charge is -2.19. The highest BCUT2D eigenvalue weighted by molar-refractivity contribution is 9.10. The quantitative estimate of drug-likeness (QED) is 0.527. The summed E-state index contributed by atoms with van der Waals surface area (Å²) < 4.78 is 0.668. The second-order valence-corrected chi connectivity index (χ2v) is 4.14. The summed E-state index contributed by atoms with van der Waals surface area (Å²) in [5, 5.41) is 2.57. The van der Waals surface area contributed by atoms with Gasteiger partial charge in [0.2, 0.25) is 5.91 Å². The average molecular weight is 303 g/mol. The highest BCUT2D eigenvalue weighted by Crippen LogP contribution is 2.27. The lowest BCUT2D eigenvalue weighted by atomic mass is 10.3. The van der Waals surface area contributed by atoms with E-state index in [4.69, 9.17) is 5.84 Å². The molecule has 8 heteroatoms. The van der Waals surface area contributed by atoms with Crippen LogP contribution in [0, 0.1) is 0 Å². The van der Waals surface area contributed by atoms with Crippen molar-refractivity contribution < 1.29 is 4.79 Å². The van der Waals surface area contributed by atoms with E-state index in [2.05, 4.69) is 36.6 Å². The first-order valence-corrected chi connectivity index (χ1v) is 5.78. The molecule has 1 heterocycles. The zero-order chi connectivity index (χ0) is 12.8. The molecular formula is C9H15BrN6O. The molecule has 0 radical (unpaired) electrons. The Balaban J connectivity index is 2.75. The number of hydrogen-bond donors (Lipinski definition) is 3. The van der Waals surface area contributed by atoms with Crippen molar-refractivity contribution >= 4 is 33.5 Å². The van der Waals surface area contributed by atoms with Crippen molar-refractivity contribution in [1.82, 2.24) is 15.3 Å². The number of nitrogens with one attached hydrogen (secondary N) is 2. The molecule has 0 aliphatic carbocycles. The van der Waals surface area contributed by atoms with E-state index in [0.29, 0.717) is 29.1 Å². The second kappa shape index (κ2) is 6.36. The highest BCUT2D eigenvalue weighted by Gasteiger charge is 2.12. The molecule has 0 atom stereocenters. The summed E-state index contributed by atoms with van der Waals surface area (Å²) in [6, 6.07) is 0. The highest BCUT2D eigenvalue weighted by atomic mass is 79.9. The predicted octanol–water partition coefficient (Wildman–Crippen LogP) is 0.0970. The van der Waals surface area contributed by atoms with Gasteiger partial charge in [-0.1, -0.05) is 0 Å². The largest absolute Gasteiger partial charge is 0.359 e. The Hall–Kier alpha value is -1.41. The molecule has 17 heavy (non-hydrogen) atoms. The summed E-state index contributed by atoms with van der Waals surface area (Å²) in [5.74, 6) is 6.48. The van der Waals surface area contributed by atoms with Crippen LogP contribution in [0.5, 0.6) is 0 Å². The van der Waals surface area contributed by atoms with Crippen molar-refractivity contribution in [2.45, 2.75) is 6.42 Å². The number of rotatable bonds is 5. The molecule has 1 aromatic heterocycles. The van der Waals surface area contributed by atoms with E-state index in [9.17, 15) is 4.79 Å². The number of carbonyl (C=O) groups excluding carboxylic acids is 1. The van der Waals surface area contributed by atoms with Gasteiger partial charge in [0.25, 0.3) is 0 Å². The maximum absolute atomic E-state index is 11.1. The van der Waals surface area contributed by atoms with E-state index < -0.39 is 0 Å². The standard InChI is InChI=1S/C9H15BrN6O/c1-12-6(17)3-4-16(2)9-7(10)8(15-11)13-5-14-9/h5H,3-4,11H2,1-2H3,(H,12,17)(H,13,14,15). The Morgan fingerprint density at radius 1 is 1.59 bits per heavy atom. The first kappa shape index (κ1) is 13.7. The molecule has 0 aliphatic rings. The molecule has 1 rings (SSSR count). The first-order valence-electron chi connectivity index (χ1n) is 4.99. The number of hydrogen-bond acceptors (Lipinski definition) is 6. The Bertz CT molecular complexity index is 399.